The Balaban J connectivity index is 1.49. The Morgan fingerprint density at radius 1 is 1.10 bits per heavy atom. The van der Waals surface area contributed by atoms with Crippen LogP contribution in [-0.4, -0.2) is 53.5 Å². The van der Waals surface area contributed by atoms with Crippen LogP contribution in [0, 0.1) is 11.6 Å². The van der Waals surface area contributed by atoms with E-state index in [2.05, 4.69) is 4.98 Å². The number of halogens is 2. The molecule has 152 valence electrons. The van der Waals surface area contributed by atoms with Crippen molar-refractivity contribution in [3.63, 3.8) is 0 Å². The van der Waals surface area contributed by atoms with Gasteiger partial charge in [-0.2, -0.15) is 0 Å². The number of amides is 2. The Labute approximate surface area is 167 Å². The second kappa shape index (κ2) is 7.87. The largest absolute Gasteiger partial charge is 0.363 e. The molecule has 29 heavy (non-hydrogen) atoms. The van der Waals surface area contributed by atoms with Crippen LogP contribution in [0.1, 0.15) is 29.6 Å². The molecular formula is C21H21F2N3O3. The summed E-state index contributed by atoms with van der Waals surface area (Å²) in [7, 11) is 0. The van der Waals surface area contributed by atoms with Gasteiger partial charge in [0.15, 0.2) is 5.82 Å². The number of nitrogens with zero attached hydrogens (tertiary/aromatic N) is 3. The van der Waals surface area contributed by atoms with Crippen molar-refractivity contribution in [1.82, 2.24) is 9.88 Å². The number of hydrogen-bond donors (Lipinski definition) is 0. The molecule has 1 aromatic carbocycles. The van der Waals surface area contributed by atoms with Gasteiger partial charge >= 0.3 is 0 Å². The highest BCUT2D eigenvalue weighted by molar-refractivity contribution is 5.95. The Hall–Kier alpha value is -2.87. The third kappa shape index (κ3) is 3.98. The summed E-state index contributed by atoms with van der Waals surface area (Å²) in [5.41, 5.74) is 0.0347. The number of pyridine rings is 1. The highest BCUT2D eigenvalue weighted by Crippen LogP contribution is 2.33. The Kier molecular flexibility index (Phi) is 5.27. The van der Waals surface area contributed by atoms with Gasteiger partial charge in [0.25, 0.3) is 11.8 Å². The number of benzene rings is 1. The predicted octanol–water partition coefficient (Wildman–Crippen LogP) is 2.79. The van der Waals surface area contributed by atoms with Crippen molar-refractivity contribution >= 4 is 17.5 Å². The van der Waals surface area contributed by atoms with Crippen molar-refractivity contribution in [3.8, 4) is 0 Å². The van der Waals surface area contributed by atoms with Crippen molar-refractivity contribution in [2.24, 2.45) is 0 Å². The molecule has 0 radical (unpaired) electrons. The molecule has 0 aliphatic carbocycles. The Morgan fingerprint density at radius 3 is 2.66 bits per heavy atom. The summed E-state index contributed by atoms with van der Waals surface area (Å²) < 4.78 is 33.1. The van der Waals surface area contributed by atoms with Crippen LogP contribution in [0.25, 0.3) is 0 Å². The zero-order chi connectivity index (χ0) is 20.4. The number of rotatable bonds is 2. The summed E-state index contributed by atoms with van der Waals surface area (Å²) in [5.74, 6) is -1.56. The van der Waals surface area contributed by atoms with Crippen molar-refractivity contribution in [2.75, 3.05) is 31.1 Å². The van der Waals surface area contributed by atoms with Gasteiger partial charge in [0, 0.05) is 25.0 Å². The highest BCUT2D eigenvalue weighted by atomic mass is 19.1. The molecular weight excluding hydrogens is 380 g/mol. The molecule has 6 nitrogen and oxygen atoms in total. The smallest absolute Gasteiger partial charge is 0.256 e. The maximum absolute atomic E-state index is 13.9. The van der Waals surface area contributed by atoms with Gasteiger partial charge in [-0.1, -0.05) is 0 Å². The van der Waals surface area contributed by atoms with Crippen LogP contribution >= 0.6 is 0 Å². The number of carbonyl (C=O) groups is 2. The molecule has 2 aliphatic heterocycles. The van der Waals surface area contributed by atoms with E-state index >= 15 is 0 Å². The van der Waals surface area contributed by atoms with Crippen molar-refractivity contribution in [2.45, 2.75) is 24.9 Å². The van der Waals surface area contributed by atoms with E-state index in [1.54, 1.807) is 21.9 Å². The zero-order valence-electron chi connectivity index (χ0n) is 15.8. The van der Waals surface area contributed by atoms with E-state index in [1.807, 2.05) is 0 Å². The van der Waals surface area contributed by atoms with Crippen molar-refractivity contribution in [3.05, 3.63) is 59.9 Å². The van der Waals surface area contributed by atoms with E-state index in [1.165, 1.54) is 24.4 Å². The summed E-state index contributed by atoms with van der Waals surface area (Å²) >= 11 is 0. The van der Waals surface area contributed by atoms with E-state index in [4.69, 9.17) is 4.74 Å². The maximum Gasteiger partial charge on any atom is 0.256 e. The van der Waals surface area contributed by atoms with Crippen molar-refractivity contribution in [1.29, 1.82) is 0 Å². The molecule has 2 aromatic rings. The molecule has 1 aromatic heterocycles. The molecule has 4 rings (SSSR count). The summed E-state index contributed by atoms with van der Waals surface area (Å²) in [6.07, 6.45) is 4.29. The molecule has 1 unspecified atom stereocenters. The van der Waals surface area contributed by atoms with Crippen molar-refractivity contribution < 1.29 is 23.1 Å². The first kappa shape index (κ1) is 19.4. The molecule has 2 saturated heterocycles. The molecule has 0 bridgehead atoms. The lowest BCUT2D eigenvalue weighted by atomic mass is 9.92. The molecule has 2 amide bonds. The van der Waals surface area contributed by atoms with Gasteiger partial charge in [0.2, 0.25) is 0 Å². The first-order chi connectivity index (χ1) is 14.0. The molecule has 1 atom stereocenters. The van der Waals surface area contributed by atoms with Gasteiger partial charge in [-0.15, -0.1) is 0 Å². The summed E-state index contributed by atoms with van der Waals surface area (Å²) in [4.78, 5) is 32.0. The number of aromatic nitrogens is 1. The number of carbonyl (C=O) groups excluding carboxylic acids is 2. The standard InChI is InChI=1S/C21H21F2N3O3/c22-15-2-4-16(5-3-15)26-14-21(29-13-19(26)27)7-1-10-25(11-8-21)20(28)17-6-9-24-12-18(17)23/h2-6,9,12H,1,7-8,10-11,13-14H2. The highest BCUT2D eigenvalue weighted by Gasteiger charge is 2.42. The fourth-order valence-electron chi connectivity index (χ4n) is 3.96. The van der Waals surface area contributed by atoms with Crippen LogP contribution < -0.4 is 4.90 Å². The Bertz CT molecular complexity index is 922. The monoisotopic (exact) mass is 401 g/mol. The molecule has 8 heteroatoms. The van der Waals surface area contributed by atoms with E-state index in [-0.39, 0.29) is 29.8 Å². The van der Waals surface area contributed by atoms with E-state index < -0.39 is 11.4 Å². The minimum absolute atomic E-state index is 0.00336. The number of likely N-dealkylation sites (tertiary alicyclic amines) is 1. The molecule has 1 spiro atoms. The summed E-state index contributed by atoms with van der Waals surface area (Å²) in [6.45, 7) is 1.15. The van der Waals surface area contributed by atoms with Gasteiger partial charge in [-0.05, 0) is 49.6 Å². The summed E-state index contributed by atoms with van der Waals surface area (Å²) in [5, 5.41) is 0. The van der Waals surface area contributed by atoms with E-state index in [0.29, 0.717) is 44.6 Å². The van der Waals surface area contributed by atoms with E-state index in [9.17, 15) is 18.4 Å². The minimum Gasteiger partial charge on any atom is -0.363 e. The normalized spacial score (nSPS) is 22.6. The average Bonchev–Trinajstić information content (AvgIpc) is 2.93. The first-order valence-corrected chi connectivity index (χ1v) is 9.56. The van der Waals surface area contributed by atoms with Crippen LogP contribution in [0.4, 0.5) is 14.5 Å². The van der Waals surface area contributed by atoms with Gasteiger partial charge in [-0.3, -0.25) is 14.6 Å². The average molecular weight is 401 g/mol. The van der Waals surface area contributed by atoms with Crippen LogP contribution in [0.15, 0.2) is 42.7 Å². The second-order valence-corrected chi connectivity index (χ2v) is 7.43. The number of ether oxygens (including phenoxy) is 1. The summed E-state index contributed by atoms with van der Waals surface area (Å²) in [6, 6.07) is 7.17. The second-order valence-electron chi connectivity index (χ2n) is 7.43. The lowest BCUT2D eigenvalue weighted by molar-refractivity contribution is -0.140. The maximum atomic E-state index is 13.9. The quantitative estimate of drug-likeness (QED) is 0.777. The van der Waals surface area contributed by atoms with Crippen LogP contribution in [-0.2, 0) is 9.53 Å². The van der Waals surface area contributed by atoms with Gasteiger partial charge in [0.05, 0.1) is 23.9 Å². The molecule has 2 fully saturated rings. The Morgan fingerprint density at radius 2 is 1.90 bits per heavy atom. The van der Waals surface area contributed by atoms with Gasteiger partial charge < -0.3 is 14.5 Å². The molecule has 0 N–H and O–H groups in total. The SMILES string of the molecule is O=C(c1ccncc1F)N1CCCC2(CC1)CN(c1ccc(F)cc1)C(=O)CO2. The van der Waals surface area contributed by atoms with Gasteiger partial charge in [-0.25, -0.2) is 8.78 Å². The van der Waals surface area contributed by atoms with Crippen LogP contribution in [0.3, 0.4) is 0 Å². The molecule has 0 saturated carbocycles. The van der Waals surface area contributed by atoms with E-state index in [0.717, 1.165) is 6.20 Å². The third-order valence-corrected chi connectivity index (χ3v) is 5.58. The number of morpholine rings is 1. The predicted molar refractivity (Wildman–Crippen MR) is 101 cm³/mol. The minimum atomic E-state index is -0.640. The third-order valence-electron chi connectivity index (χ3n) is 5.58. The van der Waals surface area contributed by atoms with Gasteiger partial charge in [0.1, 0.15) is 12.4 Å². The lowest BCUT2D eigenvalue weighted by Crippen LogP contribution is -2.55. The number of anilines is 1. The fourth-order valence-corrected chi connectivity index (χ4v) is 3.96. The van der Waals surface area contributed by atoms with Crippen LogP contribution in [0.5, 0.6) is 0 Å². The zero-order valence-corrected chi connectivity index (χ0v) is 15.8. The van der Waals surface area contributed by atoms with Crippen LogP contribution in [0.2, 0.25) is 0 Å². The fraction of sp³-hybridized carbons (Fsp3) is 0.381. The molecule has 3 heterocycles. The molecule has 2 aliphatic rings. The first-order valence-electron chi connectivity index (χ1n) is 9.56. The lowest BCUT2D eigenvalue weighted by Gasteiger charge is -2.42. The topological polar surface area (TPSA) is 62.7 Å². The number of hydrogen-bond acceptors (Lipinski definition) is 4.